The van der Waals surface area contributed by atoms with Crippen molar-refractivity contribution < 1.29 is 29.0 Å². The summed E-state index contributed by atoms with van der Waals surface area (Å²) in [6, 6.07) is 12.0. The lowest BCUT2D eigenvalue weighted by Crippen LogP contribution is -2.53. The highest BCUT2D eigenvalue weighted by molar-refractivity contribution is 6.50. The Bertz CT molecular complexity index is 1310. The number of ether oxygens (including phenoxy) is 2. The van der Waals surface area contributed by atoms with Crippen LogP contribution in [0.15, 0.2) is 60.7 Å². The summed E-state index contributed by atoms with van der Waals surface area (Å²) < 4.78 is 11.4. The van der Waals surface area contributed by atoms with Crippen molar-refractivity contribution in [3.8, 4) is 5.75 Å². The van der Waals surface area contributed by atoms with E-state index in [9.17, 15) is 19.5 Å². The minimum Gasteiger partial charge on any atom is -0.507 e. The van der Waals surface area contributed by atoms with Crippen molar-refractivity contribution in [3.63, 3.8) is 0 Å². The second-order valence-electron chi connectivity index (χ2n) is 9.28. The van der Waals surface area contributed by atoms with E-state index in [0.717, 1.165) is 18.4 Å². The number of likely N-dealkylation sites (tertiary alicyclic amines) is 1. The summed E-state index contributed by atoms with van der Waals surface area (Å²) in [4.78, 5) is 43.8. The number of fused-ring (bicyclic) bond motifs is 2. The van der Waals surface area contributed by atoms with E-state index in [1.54, 1.807) is 55.6 Å². The molecule has 2 atom stereocenters. The average Bonchev–Trinajstić information content (AvgIpc) is 3.53. The van der Waals surface area contributed by atoms with Gasteiger partial charge in [-0.2, -0.15) is 0 Å². The zero-order valence-electron chi connectivity index (χ0n) is 20.3. The van der Waals surface area contributed by atoms with Gasteiger partial charge in [-0.1, -0.05) is 30.9 Å². The predicted octanol–water partition coefficient (Wildman–Crippen LogP) is 3.29. The Hall–Kier alpha value is -3.91. The van der Waals surface area contributed by atoms with Crippen LogP contribution in [0.3, 0.4) is 0 Å². The number of hydrogen-bond acceptors (Lipinski definition) is 6. The first-order valence-electron chi connectivity index (χ1n) is 12.0. The van der Waals surface area contributed by atoms with Crippen LogP contribution in [0.4, 0.5) is 5.69 Å². The molecular formula is C28H28N2O6. The summed E-state index contributed by atoms with van der Waals surface area (Å²) in [7, 11) is 1.61. The lowest BCUT2D eigenvalue weighted by atomic mass is 9.81. The topological polar surface area (TPSA) is 96.4 Å². The SMILES string of the molecule is C=CCOc1ccc(C(O)=C2C(=O)C(=O)N(CC3CCCO3)C23C(=O)N(C)c2ccccc23)cc1C. The van der Waals surface area contributed by atoms with E-state index in [4.69, 9.17) is 9.47 Å². The first kappa shape index (κ1) is 23.8. The van der Waals surface area contributed by atoms with Gasteiger partial charge in [-0.25, -0.2) is 0 Å². The number of anilines is 1. The molecule has 2 aromatic carbocycles. The molecule has 1 spiro atoms. The van der Waals surface area contributed by atoms with E-state index >= 15 is 0 Å². The molecule has 8 nitrogen and oxygen atoms in total. The highest BCUT2D eigenvalue weighted by Crippen LogP contribution is 2.53. The Balaban J connectivity index is 1.72. The normalized spacial score (nSPS) is 24.6. The van der Waals surface area contributed by atoms with Gasteiger partial charge in [0.15, 0.2) is 5.54 Å². The van der Waals surface area contributed by atoms with Crippen LogP contribution in [0.25, 0.3) is 5.76 Å². The van der Waals surface area contributed by atoms with Gasteiger partial charge in [-0.3, -0.25) is 14.4 Å². The number of aliphatic hydroxyl groups is 1. The highest BCUT2D eigenvalue weighted by Gasteiger charge is 2.67. The van der Waals surface area contributed by atoms with Crippen molar-refractivity contribution in [2.75, 3.05) is 31.7 Å². The quantitative estimate of drug-likeness (QED) is 0.290. The maximum absolute atomic E-state index is 14.0. The molecule has 2 unspecified atom stereocenters. The number of carbonyl (C=O) groups excluding carboxylic acids is 3. The molecule has 2 saturated heterocycles. The van der Waals surface area contributed by atoms with Gasteiger partial charge in [0.1, 0.15) is 18.1 Å². The van der Waals surface area contributed by atoms with Crippen molar-refractivity contribution in [1.82, 2.24) is 4.90 Å². The predicted molar refractivity (Wildman–Crippen MR) is 134 cm³/mol. The van der Waals surface area contributed by atoms with Crippen LogP contribution in [0.5, 0.6) is 5.75 Å². The molecule has 0 saturated carbocycles. The van der Waals surface area contributed by atoms with Crippen molar-refractivity contribution >= 4 is 29.0 Å². The zero-order chi connectivity index (χ0) is 25.6. The lowest BCUT2D eigenvalue weighted by Gasteiger charge is -2.35. The fourth-order valence-electron chi connectivity index (χ4n) is 5.47. The molecule has 0 bridgehead atoms. The molecule has 186 valence electrons. The van der Waals surface area contributed by atoms with E-state index in [0.29, 0.717) is 35.8 Å². The molecule has 0 radical (unpaired) electrons. The number of likely N-dealkylation sites (N-methyl/N-ethyl adjacent to an activating group) is 1. The zero-order valence-corrected chi connectivity index (χ0v) is 20.3. The Labute approximate surface area is 209 Å². The van der Waals surface area contributed by atoms with Gasteiger partial charge in [-0.05, 0) is 49.6 Å². The number of ketones is 1. The van der Waals surface area contributed by atoms with E-state index in [2.05, 4.69) is 6.58 Å². The van der Waals surface area contributed by atoms with Crippen molar-refractivity contribution in [2.45, 2.75) is 31.4 Å². The summed E-state index contributed by atoms with van der Waals surface area (Å²) in [5.74, 6) is -1.99. The maximum Gasteiger partial charge on any atom is 0.296 e. The summed E-state index contributed by atoms with van der Waals surface area (Å²) in [5.41, 5.74) is 0.0931. The monoisotopic (exact) mass is 488 g/mol. The smallest absolute Gasteiger partial charge is 0.296 e. The summed E-state index contributed by atoms with van der Waals surface area (Å²) >= 11 is 0. The standard InChI is InChI=1S/C28H28N2O6/c1-4-13-36-22-12-11-18(15-17(22)2)24(31)23-25(32)26(33)30(16-19-8-7-14-35-19)28(23)20-9-5-6-10-21(20)29(3)27(28)34/h4-6,9-12,15,19,31H,1,7-8,13-14,16H2,2-3H3. The molecular weight excluding hydrogens is 460 g/mol. The van der Waals surface area contributed by atoms with Crippen LogP contribution >= 0.6 is 0 Å². The largest absolute Gasteiger partial charge is 0.507 e. The Morgan fingerprint density at radius 1 is 1.25 bits per heavy atom. The number of hydrogen-bond donors (Lipinski definition) is 1. The van der Waals surface area contributed by atoms with Gasteiger partial charge in [0.2, 0.25) is 0 Å². The third-order valence-electron chi connectivity index (χ3n) is 7.15. The summed E-state index contributed by atoms with van der Waals surface area (Å²) in [5, 5.41) is 11.6. The van der Waals surface area contributed by atoms with Crippen molar-refractivity contribution in [1.29, 1.82) is 0 Å². The minimum atomic E-state index is -1.78. The van der Waals surface area contributed by atoms with Gasteiger partial charge in [0, 0.05) is 37.0 Å². The Morgan fingerprint density at radius 2 is 2.03 bits per heavy atom. The lowest BCUT2D eigenvalue weighted by molar-refractivity contribution is -0.145. The first-order valence-corrected chi connectivity index (χ1v) is 12.0. The molecule has 8 heteroatoms. The molecule has 5 rings (SSSR count). The number of aliphatic hydroxyl groups excluding tert-OH is 1. The molecule has 2 aromatic rings. The molecule has 3 heterocycles. The molecule has 3 aliphatic heterocycles. The van der Waals surface area contributed by atoms with E-state index in [1.807, 2.05) is 6.92 Å². The minimum absolute atomic E-state index is 0.0721. The van der Waals surface area contributed by atoms with Crippen LogP contribution in [-0.4, -0.2) is 60.5 Å². The van der Waals surface area contributed by atoms with Gasteiger partial charge in [0.05, 0.1) is 11.7 Å². The molecule has 2 fully saturated rings. The number of para-hydroxylation sites is 1. The second kappa shape index (κ2) is 8.95. The molecule has 3 aliphatic rings. The van der Waals surface area contributed by atoms with Crippen LogP contribution in [0, 0.1) is 6.92 Å². The third kappa shape index (κ3) is 3.36. The number of benzene rings is 2. The number of Topliss-reactive ketones (excluding diaryl/α,β-unsaturated/α-hetero) is 1. The fraction of sp³-hybridized carbons (Fsp3) is 0.321. The molecule has 36 heavy (non-hydrogen) atoms. The molecule has 1 N–H and O–H groups in total. The summed E-state index contributed by atoms with van der Waals surface area (Å²) in [6.07, 6.45) is 2.89. The van der Waals surface area contributed by atoms with Crippen LogP contribution in [-0.2, 0) is 24.7 Å². The van der Waals surface area contributed by atoms with E-state index in [-0.39, 0.29) is 18.2 Å². The Morgan fingerprint density at radius 3 is 2.72 bits per heavy atom. The third-order valence-corrected chi connectivity index (χ3v) is 7.15. The maximum atomic E-state index is 14.0. The molecule has 0 aromatic heterocycles. The fourth-order valence-corrected chi connectivity index (χ4v) is 5.47. The van der Waals surface area contributed by atoms with Gasteiger partial charge in [0.25, 0.3) is 17.6 Å². The van der Waals surface area contributed by atoms with Crippen LogP contribution < -0.4 is 9.64 Å². The van der Waals surface area contributed by atoms with Crippen molar-refractivity contribution in [3.05, 3.63) is 77.4 Å². The van der Waals surface area contributed by atoms with E-state index in [1.165, 1.54) is 9.80 Å². The number of rotatable bonds is 6. The van der Waals surface area contributed by atoms with Gasteiger partial charge >= 0.3 is 0 Å². The summed E-state index contributed by atoms with van der Waals surface area (Å²) in [6.45, 7) is 6.41. The average molecular weight is 489 g/mol. The van der Waals surface area contributed by atoms with Crippen molar-refractivity contribution in [2.24, 2.45) is 0 Å². The first-order chi connectivity index (χ1) is 17.3. The molecule has 2 amide bonds. The van der Waals surface area contributed by atoms with Gasteiger partial charge < -0.3 is 24.4 Å². The van der Waals surface area contributed by atoms with Crippen LogP contribution in [0.2, 0.25) is 0 Å². The van der Waals surface area contributed by atoms with E-state index < -0.39 is 28.9 Å². The number of amides is 2. The molecule has 0 aliphatic carbocycles. The van der Waals surface area contributed by atoms with Gasteiger partial charge in [-0.15, -0.1) is 0 Å². The van der Waals surface area contributed by atoms with Crippen LogP contribution in [0.1, 0.15) is 29.5 Å². The number of nitrogens with zero attached hydrogens (tertiary/aromatic N) is 2. The Kier molecular flexibility index (Phi) is 5.92. The highest BCUT2D eigenvalue weighted by atomic mass is 16.5. The number of carbonyl (C=O) groups is 3. The number of aryl methyl sites for hydroxylation is 1. The second-order valence-corrected chi connectivity index (χ2v) is 9.28.